The van der Waals surface area contributed by atoms with Crippen LogP contribution in [-0.2, 0) is 0 Å². The molecule has 2 aromatic rings. The van der Waals surface area contributed by atoms with Gasteiger partial charge in [0.05, 0.1) is 11.2 Å². The Balaban J connectivity index is 2.24. The Bertz CT molecular complexity index is 609. The highest BCUT2D eigenvalue weighted by Gasteiger charge is 2.15. The second-order valence-electron chi connectivity index (χ2n) is 3.40. The Labute approximate surface area is 106 Å². The molecule has 0 unspecified atom stereocenters. The Hall–Kier alpha value is -2.28. The molecule has 0 aliphatic heterocycles. The van der Waals surface area contributed by atoms with E-state index in [0.717, 1.165) is 5.01 Å². The summed E-state index contributed by atoms with van der Waals surface area (Å²) in [5, 5.41) is 12.2. The summed E-state index contributed by atoms with van der Waals surface area (Å²) in [6, 6.07) is 2.87. The van der Waals surface area contributed by atoms with Crippen molar-refractivity contribution in [2.75, 3.05) is 5.32 Å². The quantitative estimate of drug-likeness (QED) is 0.880. The second kappa shape index (κ2) is 4.92. The SMILES string of the molecule is Cc1ncc(C(=O)Nc2ncccc2C(=O)O)s1. The standard InChI is InChI=1S/C11H9N3O3S/c1-6-13-5-8(18-6)10(15)14-9-7(11(16)17)3-2-4-12-9/h2-5H,1H3,(H,16,17)(H,12,14,15). The molecule has 7 heteroatoms. The molecule has 92 valence electrons. The van der Waals surface area contributed by atoms with Crippen LogP contribution in [0.3, 0.4) is 0 Å². The maximum Gasteiger partial charge on any atom is 0.339 e. The molecule has 0 bridgehead atoms. The van der Waals surface area contributed by atoms with Gasteiger partial charge in [0.1, 0.15) is 16.3 Å². The molecular formula is C11H9N3O3S. The number of pyridine rings is 1. The molecule has 18 heavy (non-hydrogen) atoms. The lowest BCUT2D eigenvalue weighted by Crippen LogP contribution is -2.14. The first-order valence-corrected chi connectivity index (χ1v) is 5.81. The average Bonchev–Trinajstić information content (AvgIpc) is 2.76. The fraction of sp³-hybridized carbons (Fsp3) is 0.0909. The molecule has 2 aromatic heterocycles. The number of carboxylic acids is 1. The van der Waals surface area contributed by atoms with Crippen molar-refractivity contribution < 1.29 is 14.7 Å². The fourth-order valence-electron chi connectivity index (χ4n) is 1.31. The lowest BCUT2D eigenvalue weighted by Gasteiger charge is -2.05. The first-order chi connectivity index (χ1) is 8.58. The van der Waals surface area contributed by atoms with Crippen LogP contribution in [0.15, 0.2) is 24.5 Å². The minimum atomic E-state index is -1.14. The number of anilines is 1. The Morgan fingerprint density at radius 1 is 1.39 bits per heavy atom. The van der Waals surface area contributed by atoms with Crippen molar-refractivity contribution in [3.8, 4) is 0 Å². The summed E-state index contributed by atoms with van der Waals surface area (Å²) >= 11 is 1.23. The molecule has 0 aromatic carbocycles. The van der Waals surface area contributed by atoms with E-state index in [1.165, 1.54) is 35.9 Å². The van der Waals surface area contributed by atoms with Gasteiger partial charge < -0.3 is 10.4 Å². The van der Waals surface area contributed by atoms with E-state index >= 15 is 0 Å². The Kier molecular flexibility index (Phi) is 3.33. The highest BCUT2D eigenvalue weighted by Crippen LogP contribution is 2.16. The zero-order valence-corrected chi connectivity index (χ0v) is 10.2. The van der Waals surface area contributed by atoms with Gasteiger partial charge in [0.2, 0.25) is 0 Å². The molecule has 0 fully saturated rings. The molecule has 0 aliphatic carbocycles. The number of carbonyl (C=O) groups is 2. The largest absolute Gasteiger partial charge is 0.478 e. The van der Waals surface area contributed by atoms with Crippen molar-refractivity contribution in [2.45, 2.75) is 6.92 Å². The molecule has 0 saturated carbocycles. The number of nitrogens with one attached hydrogen (secondary N) is 1. The van der Waals surface area contributed by atoms with Crippen LogP contribution in [0, 0.1) is 6.92 Å². The van der Waals surface area contributed by atoms with E-state index in [-0.39, 0.29) is 11.4 Å². The van der Waals surface area contributed by atoms with Crippen LogP contribution in [-0.4, -0.2) is 27.0 Å². The van der Waals surface area contributed by atoms with Crippen molar-refractivity contribution in [2.24, 2.45) is 0 Å². The summed E-state index contributed by atoms with van der Waals surface area (Å²) in [5.41, 5.74) is -0.0490. The van der Waals surface area contributed by atoms with Gasteiger partial charge in [-0.1, -0.05) is 0 Å². The van der Waals surface area contributed by atoms with E-state index in [0.29, 0.717) is 4.88 Å². The molecular weight excluding hydrogens is 254 g/mol. The van der Waals surface area contributed by atoms with Gasteiger partial charge >= 0.3 is 5.97 Å². The highest BCUT2D eigenvalue weighted by molar-refractivity contribution is 7.13. The molecule has 1 amide bonds. The monoisotopic (exact) mass is 263 g/mol. The van der Waals surface area contributed by atoms with E-state index in [4.69, 9.17) is 5.11 Å². The summed E-state index contributed by atoms with van der Waals surface area (Å²) < 4.78 is 0. The number of rotatable bonds is 3. The number of aromatic nitrogens is 2. The van der Waals surface area contributed by atoms with Gasteiger partial charge in [-0.05, 0) is 19.1 Å². The molecule has 0 atom stereocenters. The molecule has 2 rings (SSSR count). The second-order valence-corrected chi connectivity index (χ2v) is 4.64. The summed E-state index contributed by atoms with van der Waals surface area (Å²) in [6.45, 7) is 1.78. The van der Waals surface area contributed by atoms with Gasteiger partial charge in [-0.3, -0.25) is 4.79 Å². The maximum absolute atomic E-state index is 11.8. The zero-order chi connectivity index (χ0) is 13.1. The minimum Gasteiger partial charge on any atom is -0.478 e. The Morgan fingerprint density at radius 2 is 2.17 bits per heavy atom. The van der Waals surface area contributed by atoms with Crippen LogP contribution < -0.4 is 5.32 Å². The molecule has 6 nitrogen and oxygen atoms in total. The number of aromatic carboxylic acids is 1. The average molecular weight is 263 g/mol. The summed E-state index contributed by atoms with van der Waals surface area (Å²) in [5.74, 6) is -1.53. The van der Waals surface area contributed by atoms with Crippen LogP contribution in [0.5, 0.6) is 0 Å². The predicted octanol–water partition coefficient (Wildman–Crippen LogP) is 1.80. The predicted molar refractivity (Wildman–Crippen MR) is 66.0 cm³/mol. The third-order valence-corrected chi connectivity index (χ3v) is 3.03. The number of thiazole rings is 1. The van der Waals surface area contributed by atoms with Gasteiger partial charge in [-0.2, -0.15) is 0 Å². The van der Waals surface area contributed by atoms with Crippen LogP contribution in [0.2, 0.25) is 0 Å². The molecule has 0 spiro atoms. The van der Waals surface area contributed by atoms with Crippen LogP contribution >= 0.6 is 11.3 Å². The van der Waals surface area contributed by atoms with Gasteiger partial charge in [-0.25, -0.2) is 14.8 Å². The lowest BCUT2D eigenvalue weighted by molar-refractivity contribution is 0.0697. The first kappa shape index (κ1) is 12.2. The topological polar surface area (TPSA) is 92.2 Å². The number of amides is 1. The zero-order valence-electron chi connectivity index (χ0n) is 9.38. The summed E-state index contributed by atoms with van der Waals surface area (Å²) in [7, 11) is 0. The van der Waals surface area contributed by atoms with E-state index in [2.05, 4.69) is 15.3 Å². The third kappa shape index (κ3) is 2.51. The number of carbonyl (C=O) groups excluding carboxylic acids is 1. The number of aryl methyl sites for hydroxylation is 1. The van der Waals surface area contributed by atoms with Crippen LogP contribution in [0.1, 0.15) is 25.0 Å². The highest BCUT2D eigenvalue weighted by atomic mass is 32.1. The van der Waals surface area contributed by atoms with Crippen molar-refractivity contribution in [1.29, 1.82) is 0 Å². The Morgan fingerprint density at radius 3 is 2.78 bits per heavy atom. The van der Waals surface area contributed by atoms with Gasteiger partial charge in [0, 0.05) is 6.20 Å². The van der Waals surface area contributed by atoms with E-state index in [9.17, 15) is 9.59 Å². The normalized spacial score (nSPS) is 10.1. The van der Waals surface area contributed by atoms with Crippen LogP contribution in [0.4, 0.5) is 5.82 Å². The van der Waals surface area contributed by atoms with Gasteiger partial charge in [-0.15, -0.1) is 11.3 Å². The van der Waals surface area contributed by atoms with Gasteiger partial charge in [0.15, 0.2) is 0 Å². The maximum atomic E-state index is 11.8. The lowest BCUT2D eigenvalue weighted by atomic mass is 10.2. The summed E-state index contributed by atoms with van der Waals surface area (Å²) in [4.78, 5) is 31.0. The van der Waals surface area contributed by atoms with E-state index in [1.54, 1.807) is 6.92 Å². The molecule has 0 radical (unpaired) electrons. The van der Waals surface area contributed by atoms with Crippen molar-refractivity contribution >= 4 is 29.0 Å². The number of nitrogens with zero attached hydrogens (tertiary/aromatic N) is 2. The number of hydrogen-bond donors (Lipinski definition) is 2. The van der Waals surface area contributed by atoms with Crippen LogP contribution in [0.25, 0.3) is 0 Å². The number of hydrogen-bond acceptors (Lipinski definition) is 5. The van der Waals surface area contributed by atoms with Gasteiger partial charge in [0.25, 0.3) is 5.91 Å². The molecule has 0 aliphatic rings. The van der Waals surface area contributed by atoms with Crippen molar-refractivity contribution in [3.63, 3.8) is 0 Å². The first-order valence-electron chi connectivity index (χ1n) is 5.00. The smallest absolute Gasteiger partial charge is 0.339 e. The third-order valence-electron chi connectivity index (χ3n) is 2.12. The summed E-state index contributed by atoms with van der Waals surface area (Å²) in [6.07, 6.45) is 2.86. The number of carboxylic acid groups (broad SMARTS) is 1. The van der Waals surface area contributed by atoms with E-state index < -0.39 is 11.9 Å². The van der Waals surface area contributed by atoms with Crippen molar-refractivity contribution in [1.82, 2.24) is 9.97 Å². The molecule has 2 heterocycles. The van der Waals surface area contributed by atoms with Crippen molar-refractivity contribution in [3.05, 3.63) is 40.0 Å². The molecule has 0 saturated heterocycles. The van der Waals surface area contributed by atoms with E-state index in [1.807, 2.05) is 0 Å². The molecule has 2 N–H and O–H groups in total. The fourth-order valence-corrected chi connectivity index (χ4v) is 1.99. The minimum absolute atomic E-state index is 0.0288.